The van der Waals surface area contributed by atoms with E-state index in [2.05, 4.69) is 15.4 Å². The van der Waals surface area contributed by atoms with Crippen molar-refractivity contribution >= 4 is 12.0 Å². The van der Waals surface area contributed by atoms with Gasteiger partial charge in [0, 0.05) is 25.4 Å². The first-order valence-electron chi connectivity index (χ1n) is 8.84. The number of nitrogens with one attached hydrogen (secondary N) is 1. The van der Waals surface area contributed by atoms with Crippen molar-refractivity contribution in [3.05, 3.63) is 11.6 Å². The first kappa shape index (κ1) is 19.4. The summed E-state index contributed by atoms with van der Waals surface area (Å²) in [5.74, 6) is -3.52. The summed E-state index contributed by atoms with van der Waals surface area (Å²) in [6.07, 6.45) is -3.46. The number of carbonyl (C=O) groups is 2. The van der Waals surface area contributed by atoms with Gasteiger partial charge in [-0.2, -0.15) is 18.3 Å². The number of carboxylic acid groups (broad SMARTS) is 1. The molecule has 0 spiro atoms. The van der Waals surface area contributed by atoms with E-state index >= 15 is 0 Å². The minimum absolute atomic E-state index is 0.174. The molecule has 8 nitrogen and oxygen atoms in total. The molecule has 0 bridgehead atoms. The Hall–Kier alpha value is -2.33. The molecule has 3 rings (SSSR count). The van der Waals surface area contributed by atoms with Crippen LogP contribution in [-0.4, -0.2) is 62.1 Å². The number of hydrogen-bond acceptors (Lipinski definition) is 4. The predicted molar refractivity (Wildman–Crippen MR) is 87.0 cm³/mol. The van der Waals surface area contributed by atoms with Crippen molar-refractivity contribution in [3.8, 4) is 0 Å². The van der Waals surface area contributed by atoms with Gasteiger partial charge in [0.25, 0.3) is 0 Å². The summed E-state index contributed by atoms with van der Waals surface area (Å²) < 4.78 is 40.9. The van der Waals surface area contributed by atoms with Gasteiger partial charge in [-0.15, -0.1) is 0 Å². The highest BCUT2D eigenvalue weighted by atomic mass is 19.4. The van der Waals surface area contributed by atoms with E-state index in [0.717, 1.165) is 10.7 Å². The molecule has 1 unspecified atom stereocenters. The molecular formula is C16H22F3N5O3. The number of nitrogens with zero attached hydrogens (tertiary/aromatic N) is 4. The summed E-state index contributed by atoms with van der Waals surface area (Å²) in [4.78, 5) is 28.9. The predicted octanol–water partition coefficient (Wildman–Crippen LogP) is 1.62. The highest BCUT2D eigenvalue weighted by Crippen LogP contribution is 2.37. The number of rotatable bonds is 3. The SMILES string of the molecule is CC(C)c1nc2n(n1)CC(NC(=O)N1C[C@@H](C(F)(F)F)[C@H](C(=O)O)C1)CC2. The zero-order valence-corrected chi connectivity index (χ0v) is 15.0. The van der Waals surface area contributed by atoms with Crippen LogP contribution in [0.4, 0.5) is 18.0 Å². The van der Waals surface area contributed by atoms with Crippen LogP contribution in [0.1, 0.15) is 37.8 Å². The second kappa shape index (κ2) is 7.01. The van der Waals surface area contributed by atoms with Crippen molar-refractivity contribution in [1.29, 1.82) is 0 Å². The Bertz CT molecular complexity index is 733. The van der Waals surface area contributed by atoms with E-state index in [1.165, 1.54) is 0 Å². The van der Waals surface area contributed by atoms with Crippen molar-refractivity contribution in [1.82, 2.24) is 25.0 Å². The van der Waals surface area contributed by atoms with Crippen LogP contribution < -0.4 is 5.32 Å². The summed E-state index contributed by atoms with van der Waals surface area (Å²) in [5, 5.41) is 16.2. The maximum absolute atomic E-state index is 13.1. The molecule has 0 aromatic carbocycles. The highest BCUT2D eigenvalue weighted by Gasteiger charge is 2.53. The second-order valence-corrected chi connectivity index (χ2v) is 7.41. The molecule has 150 valence electrons. The minimum atomic E-state index is -4.66. The number of urea groups is 1. The van der Waals surface area contributed by atoms with Crippen molar-refractivity contribution in [3.63, 3.8) is 0 Å². The van der Waals surface area contributed by atoms with E-state index in [-0.39, 0.29) is 12.0 Å². The summed E-state index contributed by atoms with van der Waals surface area (Å²) in [7, 11) is 0. The van der Waals surface area contributed by atoms with Crippen LogP contribution in [-0.2, 0) is 17.8 Å². The first-order chi connectivity index (χ1) is 12.6. The largest absolute Gasteiger partial charge is 0.481 e. The molecule has 1 aromatic rings. The highest BCUT2D eigenvalue weighted by molar-refractivity contribution is 5.78. The number of aromatic nitrogens is 3. The third kappa shape index (κ3) is 4.01. The number of alkyl halides is 3. The molecule has 0 radical (unpaired) electrons. The Morgan fingerprint density at radius 2 is 1.96 bits per heavy atom. The quantitative estimate of drug-likeness (QED) is 0.818. The molecule has 2 aliphatic rings. The summed E-state index contributed by atoms with van der Waals surface area (Å²) in [5.41, 5.74) is 0. The number of halogens is 3. The second-order valence-electron chi connectivity index (χ2n) is 7.41. The number of fused-ring (bicyclic) bond motifs is 1. The fraction of sp³-hybridized carbons (Fsp3) is 0.750. The van der Waals surface area contributed by atoms with Crippen molar-refractivity contribution in [2.45, 2.75) is 51.4 Å². The van der Waals surface area contributed by atoms with Gasteiger partial charge in [0.05, 0.1) is 24.4 Å². The standard InChI is InChI=1S/C16H22F3N5O3/c1-8(2)13-21-12-4-3-9(5-24(12)22-13)20-15(27)23-6-10(14(25)26)11(7-23)16(17,18)19/h8-11H,3-7H2,1-2H3,(H,20,27)(H,25,26)/t9?,10-,11-/m1/s1. The van der Waals surface area contributed by atoms with Crippen LogP contribution in [0.2, 0.25) is 0 Å². The fourth-order valence-corrected chi connectivity index (χ4v) is 3.51. The maximum Gasteiger partial charge on any atom is 0.394 e. The van der Waals surface area contributed by atoms with E-state index in [1.807, 2.05) is 13.8 Å². The number of aliphatic carboxylic acids is 1. The van der Waals surface area contributed by atoms with E-state index in [0.29, 0.717) is 25.2 Å². The third-order valence-electron chi connectivity index (χ3n) is 5.06. The lowest BCUT2D eigenvalue weighted by atomic mass is 9.96. The van der Waals surface area contributed by atoms with Crippen molar-refractivity contribution in [2.75, 3.05) is 13.1 Å². The molecule has 2 amide bonds. The topological polar surface area (TPSA) is 100 Å². The Balaban J connectivity index is 1.63. The number of amides is 2. The van der Waals surface area contributed by atoms with Gasteiger partial charge in [0.15, 0.2) is 5.82 Å². The average Bonchev–Trinajstić information content (AvgIpc) is 3.18. The monoisotopic (exact) mass is 389 g/mol. The zero-order chi connectivity index (χ0) is 19.9. The van der Waals surface area contributed by atoms with Gasteiger partial charge in [-0.25, -0.2) is 14.5 Å². The van der Waals surface area contributed by atoms with Gasteiger partial charge in [-0.1, -0.05) is 13.8 Å². The van der Waals surface area contributed by atoms with E-state index in [9.17, 15) is 22.8 Å². The summed E-state index contributed by atoms with van der Waals surface area (Å²) in [6.45, 7) is 3.24. The Morgan fingerprint density at radius 3 is 2.52 bits per heavy atom. The molecular weight excluding hydrogens is 367 g/mol. The Labute approximate surface area is 153 Å². The summed E-state index contributed by atoms with van der Waals surface area (Å²) >= 11 is 0. The minimum Gasteiger partial charge on any atom is -0.481 e. The number of carbonyl (C=O) groups excluding carboxylic acids is 1. The lowest BCUT2D eigenvalue weighted by Crippen LogP contribution is -2.47. The Kier molecular flexibility index (Phi) is 5.04. The van der Waals surface area contributed by atoms with Crippen LogP contribution in [0.3, 0.4) is 0 Å². The molecule has 1 aromatic heterocycles. The lowest BCUT2D eigenvalue weighted by Gasteiger charge is -2.26. The third-order valence-corrected chi connectivity index (χ3v) is 5.06. The smallest absolute Gasteiger partial charge is 0.394 e. The van der Waals surface area contributed by atoms with Crippen LogP contribution >= 0.6 is 0 Å². The van der Waals surface area contributed by atoms with Crippen LogP contribution in [0, 0.1) is 11.8 Å². The molecule has 11 heteroatoms. The van der Waals surface area contributed by atoms with Gasteiger partial charge < -0.3 is 15.3 Å². The van der Waals surface area contributed by atoms with Crippen LogP contribution in [0.25, 0.3) is 0 Å². The van der Waals surface area contributed by atoms with Gasteiger partial charge in [-0.05, 0) is 6.42 Å². The molecule has 3 heterocycles. The molecule has 1 fully saturated rings. The zero-order valence-electron chi connectivity index (χ0n) is 15.0. The molecule has 27 heavy (non-hydrogen) atoms. The van der Waals surface area contributed by atoms with E-state index in [1.54, 1.807) is 4.68 Å². The number of carboxylic acids is 1. The Morgan fingerprint density at radius 1 is 1.26 bits per heavy atom. The van der Waals surface area contributed by atoms with E-state index < -0.39 is 43.1 Å². The fourth-order valence-electron chi connectivity index (χ4n) is 3.51. The first-order valence-corrected chi connectivity index (χ1v) is 8.84. The molecule has 2 aliphatic heterocycles. The number of aryl methyl sites for hydroxylation is 1. The number of likely N-dealkylation sites (tertiary alicyclic amines) is 1. The van der Waals surface area contributed by atoms with E-state index in [4.69, 9.17) is 5.11 Å². The molecule has 3 atom stereocenters. The number of hydrogen-bond donors (Lipinski definition) is 2. The average molecular weight is 389 g/mol. The maximum atomic E-state index is 13.1. The lowest BCUT2D eigenvalue weighted by molar-refractivity contribution is -0.187. The van der Waals surface area contributed by atoms with Gasteiger partial charge in [0.2, 0.25) is 0 Å². The summed E-state index contributed by atoms with van der Waals surface area (Å²) in [6, 6.07) is -0.967. The molecule has 0 saturated carbocycles. The van der Waals surface area contributed by atoms with Crippen molar-refractivity contribution < 1.29 is 27.9 Å². The molecule has 1 saturated heterocycles. The van der Waals surface area contributed by atoms with Gasteiger partial charge in [-0.3, -0.25) is 4.79 Å². The molecule has 0 aliphatic carbocycles. The van der Waals surface area contributed by atoms with Crippen LogP contribution in [0.15, 0.2) is 0 Å². The molecule has 2 N–H and O–H groups in total. The van der Waals surface area contributed by atoms with Gasteiger partial charge >= 0.3 is 18.2 Å². The normalized spacial score (nSPS) is 25.6. The van der Waals surface area contributed by atoms with Crippen molar-refractivity contribution in [2.24, 2.45) is 11.8 Å². The van der Waals surface area contributed by atoms with Gasteiger partial charge in [0.1, 0.15) is 5.82 Å². The van der Waals surface area contributed by atoms with Crippen LogP contribution in [0.5, 0.6) is 0 Å².